The average molecular weight is 710 g/mol. The quantitative estimate of drug-likeness (QED) is 0.0899. The van der Waals surface area contributed by atoms with Crippen LogP contribution in [0.15, 0.2) is 127 Å². The van der Waals surface area contributed by atoms with Gasteiger partial charge < -0.3 is 23.8 Å². The van der Waals surface area contributed by atoms with Crippen molar-refractivity contribution in [1.82, 2.24) is 4.90 Å². The average Bonchev–Trinajstić information content (AvgIpc) is 3.55. The van der Waals surface area contributed by atoms with Crippen LogP contribution in [0.5, 0.6) is 11.5 Å². The molecule has 7 rings (SSSR count). The Bertz CT molecular complexity index is 1910. The number of nitrogens with zero attached hydrogens (tertiary/aromatic N) is 1. The third kappa shape index (κ3) is 7.31. The molecule has 1 fully saturated rings. The summed E-state index contributed by atoms with van der Waals surface area (Å²) in [6.07, 6.45) is 1.81. The van der Waals surface area contributed by atoms with Crippen molar-refractivity contribution in [2.24, 2.45) is 5.92 Å². The smallest absolute Gasteiger partial charge is 0.306 e. The first-order chi connectivity index (χ1) is 25.9. The second kappa shape index (κ2) is 16.1. The minimum absolute atomic E-state index is 0.000843. The van der Waals surface area contributed by atoms with E-state index in [4.69, 9.17) is 18.9 Å². The molecule has 1 amide bonds. The van der Waals surface area contributed by atoms with Gasteiger partial charge in [-0.15, -0.1) is 0 Å². The van der Waals surface area contributed by atoms with Crippen molar-refractivity contribution in [3.05, 3.63) is 155 Å². The summed E-state index contributed by atoms with van der Waals surface area (Å²) in [6, 6.07) is 42.9. The van der Waals surface area contributed by atoms with Crippen LogP contribution >= 0.6 is 0 Å². The fraction of sp³-hybridized carbons (Fsp3) is 0.304. The van der Waals surface area contributed by atoms with Gasteiger partial charge in [-0.3, -0.25) is 9.59 Å². The van der Waals surface area contributed by atoms with Gasteiger partial charge in [-0.2, -0.15) is 0 Å². The molecule has 1 aliphatic heterocycles. The summed E-state index contributed by atoms with van der Waals surface area (Å²) >= 11 is 0. The largest absolute Gasteiger partial charge is 0.497 e. The van der Waals surface area contributed by atoms with E-state index < -0.39 is 11.5 Å². The van der Waals surface area contributed by atoms with Crippen LogP contribution in [0, 0.1) is 5.92 Å². The van der Waals surface area contributed by atoms with Gasteiger partial charge in [-0.25, -0.2) is 0 Å². The number of carbonyl (C=O) groups excluding carboxylic acids is 2. The zero-order chi connectivity index (χ0) is 36.8. The van der Waals surface area contributed by atoms with Gasteiger partial charge in [0.15, 0.2) is 0 Å². The standard InChI is InChI=1S/C46H47NO6/c1-4-32(30-44(48)52-31-43-41-16-10-8-14-39(41)40-15-9-11-17-42(40)43)45(49)47-28-26-38(27-29-47)53-46(33-12-6-5-7-13-33,34-18-22-36(50-2)23-19-34)35-20-24-37(51-3)25-21-35/h5-25,32,38,43H,4,26-31H2,1-3H3/t32-/m1/s1. The first-order valence-electron chi connectivity index (χ1n) is 18.6. The molecule has 53 heavy (non-hydrogen) atoms. The van der Waals surface area contributed by atoms with Crippen LogP contribution in [0.3, 0.4) is 0 Å². The number of benzene rings is 5. The number of methoxy groups -OCH3 is 2. The van der Waals surface area contributed by atoms with Crippen LogP contribution < -0.4 is 9.47 Å². The number of esters is 1. The molecule has 0 radical (unpaired) electrons. The molecule has 272 valence electrons. The van der Waals surface area contributed by atoms with Crippen molar-refractivity contribution >= 4 is 11.9 Å². The Balaban J connectivity index is 1.04. The van der Waals surface area contributed by atoms with Gasteiger partial charge in [0.05, 0.1) is 26.7 Å². The van der Waals surface area contributed by atoms with Crippen LogP contribution in [-0.4, -0.2) is 56.8 Å². The summed E-state index contributed by atoms with van der Waals surface area (Å²) in [5, 5.41) is 0. The van der Waals surface area contributed by atoms with Gasteiger partial charge in [0.1, 0.15) is 23.7 Å². The maximum absolute atomic E-state index is 13.9. The molecule has 0 bridgehead atoms. The van der Waals surface area contributed by atoms with E-state index in [0.29, 0.717) is 32.4 Å². The Morgan fingerprint density at radius 1 is 0.679 bits per heavy atom. The number of piperidine rings is 1. The van der Waals surface area contributed by atoms with E-state index in [9.17, 15) is 9.59 Å². The van der Waals surface area contributed by atoms with E-state index in [-0.39, 0.29) is 36.9 Å². The van der Waals surface area contributed by atoms with Gasteiger partial charge in [0.2, 0.25) is 5.91 Å². The Labute approximate surface area is 312 Å². The third-order valence-corrected chi connectivity index (χ3v) is 10.9. The zero-order valence-electron chi connectivity index (χ0n) is 30.7. The molecule has 7 heteroatoms. The van der Waals surface area contributed by atoms with Gasteiger partial charge >= 0.3 is 5.97 Å². The zero-order valence-corrected chi connectivity index (χ0v) is 30.7. The van der Waals surface area contributed by atoms with Crippen LogP contribution in [0.1, 0.15) is 66.3 Å². The lowest BCUT2D eigenvalue weighted by atomic mass is 9.79. The summed E-state index contributed by atoms with van der Waals surface area (Å²) in [5.41, 5.74) is 6.74. The Hall–Kier alpha value is -5.40. The molecule has 0 saturated carbocycles. The Morgan fingerprint density at radius 2 is 1.17 bits per heavy atom. The number of hydrogen-bond donors (Lipinski definition) is 0. The predicted octanol–water partition coefficient (Wildman–Crippen LogP) is 8.78. The highest BCUT2D eigenvalue weighted by Crippen LogP contribution is 2.45. The van der Waals surface area contributed by atoms with Gasteiger partial charge in [0.25, 0.3) is 0 Å². The number of rotatable bonds is 13. The predicted molar refractivity (Wildman–Crippen MR) is 206 cm³/mol. The van der Waals surface area contributed by atoms with Gasteiger partial charge in [-0.1, -0.05) is 110 Å². The highest BCUT2D eigenvalue weighted by molar-refractivity contribution is 5.84. The minimum atomic E-state index is -0.924. The third-order valence-electron chi connectivity index (χ3n) is 10.9. The number of ether oxygens (including phenoxy) is 4. The summed E-state index contributed by atoms with van der Waals surface area (Å²) in [5.74, 6) is 0.739. The van der Waals surface area contributed by atoms with Crippen molar-refractivity contribution in [2.75, 3.05) is 33.9 Å². The first-order valence-corrected chi connectivity index (χ1v) is 18.6. The van der Waals surface area contributed by atoms with E-state index in [1.54, 1.807) is 14.2 Å². The number of fused-ring (bicyclic) bond motifs is 3. The highest BCUT2D eigenvalue weighted by atomic mass is 16.5. The Kier molecular flexibility index (Phi) is 10.9. The number of amides is 1. The number of hydrogen-bond acceptors (Lipinski definition) is 6. The molecular weight excluding hydrogens is 663 g/mol. The molecule has 5 aromatic carbocycles. The maximum Gasteiger partial charge on any atom is 0.306 e. The van der Waals surface area contributed by atoms with E-state index in [1.165, 1.54) is 22.3 Å². The molecule has 1 saturated heterocycles. The summed E-state index contributed by atoms with van der Waals surface area (Å²) in [7, 11) is 3.32. The first kappa shape index (κ1) is 36.0. The fourth-order valence-corrected chi connectivity index (χ4v) is 8.01. The van der Waals surface area contributed by atoms with Crippen molar-refractivity contribution in [3.63, 3.8) is 0 Å². The molecule has 0 N–H and O–H groups in total. The lowest BCUT2D eigenvalue weighted by Crippen LogP contribution is -2.46. The molecule has 1 atom stereocenters. The molecule has 2 aliphatic rings. The van der Waals surface area contributed by atoms with Crippen molar-refractivity contribution < 1.29 is 28.5 Å². The topological polar surface area (TPSA) is 74.3 Å². The lowest BCUT2D eigenvalue weighted by Gasteiger charge is -2.42. The highest BCUT2D eigenvalue weighted by Gasteiger charge is 2.41. The van der Waals surface area contributed by atoms with Crippen LogP contribution in [-0.2, 0) is 24.7 Å². The summed E-state index contributed by atoms with van der Waals surface area (Å²) in [6.45, 7) is 3.31. The molecule has 0 unspecified atom stereocenters. The molecule has 7 nitrogen and oxygen atoms in total. The van der Waals surface area contributed by atoms with Crippen LogP contribution in [0.2, 0.25) is 0 Å². The van der Waals surface area contributed by atoms with Crippen LogP contribution in [0.25, 0.3) is 11.1 Å². The summed E-state index contributed by atoms with van der Waals surface area (Å²) in [4.78, 5) is 29.0. The fourth-order valence-electron chi connectivity index (χ4n) is 8.01. The maximum atomic E-state index is 13.9. The molecule has 1 heterocycles. The lowest BCUT2D eigenvalue weighted by molar-refractivity contribution is -0.150. The van der Waals surface area contributed by atoms with Crippen molar-refractivity contribution in [2.45, 2.75) is 50.2 Å². The second-order valence-electron chi connectivity index (χ2n) is 13.9. The van der Waals surface area contributed by atoms with Crippen molar-refractivity contribution in [1.29, 1.82) is 0 Å². The van der Waals surface area contributed by atoms with Crippen molar-refractivity contribution in [3.8, 4) is 22.6 Å². The van der Waals surface area contributed by atoms with E-state index in [2.05, 4.69) is 60.7 Å². The van der Waals surface area contributed by atoms with Gasteiger partial charge in [0, 0.05) is 24.9 Å². The number of carbonyl (C=O) groups is 2. The molecule has 1 aliphatic carbocycles. The number of likely N-dealkylation sites (tertiary alicyclic amines) is 1. The monoisotopic (exact) mass is 709 g/mol. The Morgan fingerprint density at radius 3 is 1.68 bits per heavy atom. The van der Waals surface area contributed by atoms with Crippen LogP contribution in [0.4, 0.5) is 0 Å². The normalized spacial score (nSPS) is 15.0. The molecule has 0 aromatic heterocycles. The van der Waals surface area contributed by atoms with E-state index >= 15 is 0 Å². The van der Waals surface area contributed by atoms with E-state index in [0.717, 1.165) is 28.2 Å². The molecule has 5 aromatic rings. The molecular formula is C46H47NO6. The SMILES string of the molecule is CC[C@H](CC(=O)OCC1c2ccccc2-c2ccccc21)C(=O)N1CCC(OC(c2ccccc2)(c2ccc(OC)cc2)c2ccc(OC)cc2)CC1. The summed E-state index contributed by atoms with van der Waals surface area (Å²) < 4.78 is 24.2. The molecule has 0 spiro atoms. The second-order valence-corrected chi connectivity index (χ2v) is 13.9. The minimum Gasteiger partial charge on any atom is -0.497 e. The van der Waals surface area contributed by atoms with Gasteiger partial charge in [-0.05, 0) is 82.5 Å². The van der Waals surface area contributed by atoms with E-state index in [1.807, 2.05) is 78.6 Å².